The third-order valence-corrected chi connectivity index (χ3v) is 3.93. The standard InChI is InChI=1S/C15H19ClO/c1-15(2,3)14(16)9-8-12-10-11-6-4-5-7-13(11)17-12/h4-7,10,14H,8-9H2,1-3H3. The first kappa shape index (κ1) is 12.5. The minimum atomic E-state index is 0.146. The van der Waals surface area contributed by atoms with E-state index in [0.717, 1.165) is 24.2 Å². The zero-order chi connectivity index (χ0) is 12.5. The monoisotopic (exact) mass is 250 g/mol. The summed E-state index contributed by atoms with van der Waals surface area (Å²) in [4.78, 5) is 0. The Labute approximate surface area is 108 Å². The number of hydrogen-bond donors (Lipinski definition) is 0. The van der Waals surface area contributed by atoms with Crippen molar-refractivity contribution in [2.75, 3.05) is 0 Å². The maximum Gasteiger partial charge on any atom is 0.134 e. The number of alkyl halides is 1. The van der Waals surface area contributed by atoms with Gasteiger partial charge in [0.05, 0.1) is 0 Å². The number of aryl methyl sites for hydroxylation is 1. The smallest absolute Gasteiger partial charge is 0.134 e. The average molecular weight is 251 g/mol. The molecule has 1 aromatic heterocycles. The molecule has 17 heavy (non-hydrogen) atoms. The van der Waals surface area contributed by atoms with Crippen LogP contribution in [0.15, 0.2) is 34.7 Å². The average Bonchev–Trinajstić information content (AvgIpc) is 2.66. The molecule has 0 N–H and O–H groups in total. The maximum atomic E-state index is 6.36. The van der Waals surface area contributed by atoms with Gasteiger partial charge in [0.25, 0.3) is 0 Å². The van der Waals surface area contributed by atoms with Crippen LogP contribution in [0, 0.1) is 5.41 Å². The Morgan fingerprint density at radius 3 is 2.59 bits per heavy atom. The molecular weight excluding hydrogens is 232 g/mol. The van der Waals surface area contributed by atoms with Crippen LogP contribution >= 0.6 is 11.6 Å². The van der Waals surface area contributed by atoms with Crippen LogP contribution in [-0.4, -0.2) is 5.38 Å². The number of rotatable bonds is 3. The minimum Gasteiger partial charge on any atom is -0.461 e. The van der Waals surface area contributed by atoms with E-state index in [0.29, 0.717) is 0 Å². The Hall–Kier alpha value is -0.950. The molecule has 92 valence electrons. The van der Waals surface area contributed by atoms with Crippen molar-refractivity contribution in [1.29, 1.82) is 0 Å². The highest BCUT2D eigenvalue weighted by atomic mass is 35.5. The summed E-state index contributed by atoms with van der Waals surface area (Å²) in [6.45, 7) is 6.51. The summed E-state index contributed by atoms with van der Waals surface area (Å²) in [5, 5.41) is 1.35. The lowest BCUT2D eigenvalue weighted by Crippen LogP contribution is -2.21. The zero-order valence-electron chi connectivity index (χ0n) is 10.7. The molecule has 1 nitrogen and oxygen atoms in total. The van der Waals surface area contributed by atoms with Gasteiger partial charge < -0.3 is 4.42 Å². The van der Waals surface area contributed by atoms with Crippen molar-refractivity contribution in [1.82, 2.24) is 0 Å². The second kappa shape index (κ2) is 4.73. The Morgan fingerprint density at radius 2 is 1.94 bits per heavy atom. The van der Waals surface area contributed by atoms with E-state index in [1.807, 2.05) is 18.2 Å². The second-order valence-corrected chi connectivity index (χ2v) is 6.15. The number of hydrogen-bond acceptors (Lipinski definition) is 1. The quantitative estimate of drug-likeness (QED) is 0.698. The molecule has 0 saturated heterocycles. The van der Waals surface area contributed by atoms with E-state index in [9.17, 15) is 0 Å². The topological polar surface area (TPSA) is 13.1 Å². The third-order valence-electron chi connectivity index (χ3n) is 3.06. The van der Waals surface area contributed by atoms with E-state index in [1.165, 1.54) is 5.39 Å². The largest absolute Gasteiger partial charge is 0.461 e. The van der Waals surface area contributed by atoms with Crippen molar-refractivity contribution in [2.45, 2.75) is 39.0 Å². The van der Waals surface area contributed by atoms with Gasteiger partial charge in [0.2, 0.25) is 0 Å². The maximum absolute atomic E-state index is 6.36. The fourth-order valence-corrected chi connectivity index (χ4v) is 1.97. The predicted molar refractivity (Wildman–Crippen MR) is 73.6 cm³/mol. The molecule has 2 rings (SSSR count). The number of furan rings is 1. The summed E-state index contributed by atoms with van der Waals surface area (Å²) in [7, 11) is 0. The summed E-state index contributed by atoms with van der Waals surface area (Å²) in [5.41, 5.74) is 1.11. The molecule has 0 spiro atoms. The molecule has 0 aliphatic carbocycles. The number of halogens is 1. The number of benzene rings is 1. The van der Waals surface area contributed by atoms with Crippen LogP contribution in [-0.2, 0) is 6.42 Å². The van der Waals surface area contributed by atoms with Gasteiger partial charge in [-0.2, -0.15) is 0 Å². The van der Waals surface area contributed by atoms with E-state index in [4.69, 9.17) is 16.0 Å². The molecule has 0 amide bonds. The lowest BCUT2D eigenvalue weighted by Gasteiger charge is -2.24. The lowest BCUT2D eigenvalue weighted by atomic mass is 9.89. The molecule has 0 aliphatic rings. The van der Waals surface area contributed by atoms with Crippen molar-refractivity contribution < 1.29 is 4.42 Å². The predicted octanol–water partition coefficient (Wildman–Crippen LogP) is 5.02. The molecule has 2 aromatic rings. The van der Waals surface area contributed by atoms with Gasteiger partial charge in [-0.15, -0.1) is 11.6 Å². The highest BCUT2D eigenvalue weighted by molar-refractivity contribution is 6.21. The SMILES string of the molecule is CC(C)(C)C(Cl)CCc1cc2ccccc2o1. The van der Waals surface area contributed by atoms with Gasteiger partial charge in [0.15, 0.2) is 0 Å². The van der Waals surface area contributed by atoms with Gasteiger partial charge >= 0.3 is 0 Å². The normalized spacial score (nSPS) is 14.1. The molecule has 0 aliphatic heterocycles. The molecule has 1 atom stereocenters. The first-order chi connectivity index (χ1) is 7.97. The highest BCUT2D eigenvalue weighted by Crippen LogP contribution is 2.29. The number of para-hydroxylation sites is 1. The molecule has 1 heterocycles. The van der Waals surface area contributed by atoms with E-state index in [-0.39, 0.29) is 10.8 Å². The van der Waals surface area contributed by atoms with Crippen LogP contribution in [0.5, 0.6) is 0 Å². The van der Waals surface area contributed by atoms with Crippen molar-refractivity contribution in [3.8, 4) is 0 Å². The molecule has 0 radical (unpaired) electrons. The molecule has 1 aromatic carbocycles. The van der Waals surface area contributed by atoms with Crippen molar-refractivity contribution in [2.24, 2.45) is 5.41 Å². The van der Waals surface area contributed by atoms with Gasteiger partial charge in [-0.25, -0.2) is 0 Å². The van der Waals surface area contributed by atoms with Gasteiger partial charge in [0.1, 0.15) is 11.3 Å². The fourth-order valence-electron chi connectivity index (χ4n) is 1.86. The fraction of sp³-hybridized carbons (Fsp3) is 0.467. The molecule has 0 bridgehead atoms. The van der Waals surface area contributed by atoms with Crippen LogP contribution in [0.3, 0.4) is 0 Å². The first-order valence-corrected chi connectivity index (χ1v) is 6.52. The molecule has 0 saturated carbocycles. The minimum absolute atomic E-state index is 0.146. The van der Waals surface area contributed by atoms with Crippen molar-refractivity contribution >= 4 is 22.6 Å². The van der Waals surface area contributed by atoms with Gasteiger partial charge in [-0.05, 0) is 24.0 Å². The Balaban J connectivity index is 2.04. The van der Waals surface area contributed by atoms with E-state index < -0.39 is 0 Å². The lowest BCUT2D eigenvalue weighted by molar-refractivity contribution is 0.367. The molecule has 1 unspecified atom stereocenters. The summed E-state index contributed by atoms with van der Waals surface area (Å²) in [6.07, 6.45) is 1.85. The van der Waals surface area contributed by atoms with Gasteiger partial charge in [-0.1, -0.05) is 39.0 Å². The van der Waals surface area contributed by atoms with Crippen LogP contribution in [0.4, 0.5) is 0 Å². The van der Waals surface area contributed by atoms with Crippen molar-refractivity contribution in [3.63, 3.8) is 0 Å². The van der Waals surface area contributed by atoms with Crippen LogP contribution in [0.25, 0.3) is 11.0 Å². The summed E-state index contributed by atoms with van der Waals surface area (Å²) in [5.74, 6) is 1.03. The van der Waals surface area contributed by atoms with Crippen LogP contribution in [0.2, 0.25) is 0 Å². The third kappa shape index (κ3) is 3.04. The zero-order valence-corrected chi connectivity index (χ0v) is 11.4. The summed E-state index contributed by atoms with van der Waals surface area (Å²) >= 11 is 6.36. The first-order valence-electron chi connectivity index (χ1n) is 6.08. The Bertz CT molecular complexity index is 460. The highest BCUT2D eigenvalue weighted by Gasteiger charge is 2.22. The molecule has 2 heteroatoms. The van der Waals surface area contributed by atoms with Gasteiger partial charge in [0, 0.05) is 17.2 Å². The summed E-state index contributed by atoms with van der Waals surface area (Å²) < 4.78 is 5.77. The van der Waals surface area contributed by atoms with Crippen LogP contribution in [0.1, 0.15) is 33.0 Å². The summed E-state index contributed by atoms with van der Waals surface area (Å²) in [6, 6.07) is 10.2. The Morgan fingerprint density at radius 1 is 1.24 bits per heavy atom. The van der Waals surface area contributed by atoms with Gasteiger partial charge in [-0.3, -0.25) is 0 Å². The van der Waals surface area contributed by atoms with E-state index in [1.54, 1.807) is 0 Å². The molecular formula is C15H19ClO. The van der Waals surface area contributed by atoms with Crippen molar-refractivity contribution in [3.05, 3.63) is 36.1 Å². The Kier molecular flexibility index (Phi) is 3.48. The molecule has 0 fully saturated rings. The van der Waals surface area contributed by atoms with E-state index in [2.05, 4.69) is 32.9 Å². The van der Waals surface area contributed by atoms with Crippen LogP contribution < -0.4 is 0 Å². The van der Waals surface area contributed by atoms with E-state index >= 15 is 0 Å². The number of fused-ring (bicyclic) bond motifs is 1. The second-order valence-electron chi connectivity index (χ2n) is 5.62.